The van der Waals surface area contributed by atoms with Crippen LogP contribution in [0.5, 0.6) is 11.5 Å². The van der Waals surface area contributed by atoms with E-state index in [1.54, 1.807) is 18.2 Å². The van der Waals surface area contributed by atoms with Gasteiger partial charge in [-0.15, -0.1) is 11.3 Å². The maximum atomic E-state index is 12.1. The lowest BCUT2D eigenvalue weighted by atomic mass is 10.3. The highest BCUT2D eigenvalue weighted by molar-refractivity contribution is 7.91. The minimum atomic E-state index is -3.45. The lowest BCUT2D eigenvalue weighted by molar-refractivity contribution is 0.319. The second kappa shape index (κ2) is 8.33. The summed E-state index contributed by atoms with van der Waals surface area (Å²) >= 11 is 1.30. The Bertz CT molecular complexity index is 708. The minimum Gasteiger partial charge on any atom is -0.494 e. The van der Waals surface area contributed by atoms with E-state index in [1.165, 1.54) is 11.3 Å². The fourth-order valence-electron chi connectivity index (χ4n) is 1.91. The second-order valence-electron chi connectivity index (χ2n) is 4.72. The number of ether oxygens (including phenoxy) is 2. The monoisotopic (exact) mass is 355 g/mol. The molecule has 23 heavy (non-hydrogen) atoms. The maximum Gasteiger partial charge on any atom is 0.250 e. The van der Waals surface area contributed by atoms with Gasteiger partial charge in [0.25, 0.3) is 0 Å². The number of hydrogen-bond acceptors (Lipinski definition) is 5. The number of rotatable bonds is 9. The molecule has 0 saturated carbocycles. The first kappa shape index (κ1) is 17.8. The van der Waals surface area contributed by atoms with Crippen molar-refractivity contribution in [3.05, 3.63) is 41.3 Å². The van der Waals surface area contributed by atoms with Crippen LogP contribution in [0.3, 0.4) is 0 Å². The molecule has 0 aliphatic carbocycles. The Morgan fingerprint density at radius 2 is 1.65 bits per heavy atom. The molecule has 0 radical (unpaired) electrons. The zero-order valence-electron chi connectivity index (χ0n) is 13.2. The van der Waals surface area contributed by atoms with Crippen molar-refractivity contribution < 1.29 is 17.9 Å². The van der Waals surface area contributed by atoms with Gasteiger partial charge in [0.1, 0.15) is 22.3 Å². The zero-order chi connectivity index (χ0) is 16.7. The van der Waals surface area contributed by atoms with Crippen LogP contribution in [0.1, 0.15) is 18.7 Å². The fourth-order valence-corrected chi connectivity index (χ4v) is 4.26. The molecule has 0 spiro atoms. The van der Waals surface area contributed by atoms with E-state index in [1.807, 2.05) is 32.0 Å². The number of thiophene rings is 1. The van der Waals surface area contributed by atoms with Crippen molar-refractivity contribution in [3.63, 3.8) is 0 Å². The Labute approximate surface area is 141 Å². The Morgan fingerprint density at radius 1 is 1.00 bits per heavy atom. The minimum absolute atomic E-state index is 0.217. The third-order valence-corrected chi connectivity index (χ3v) is 6.23. The summed E-state index contributed by atoms with van der Waals surface area (Å²) in [6.45, 7) is 5.02. The molecule has 2 aromatic rings. The van der Waals surface area contributed by atoms with Gasteiger partial charge in [-0.05, 0) is 49.7 Å². The highest BCUT2D eigenvalue weighted by atomic mass is 32.2. The van der Waals surface area contributed by atoms with Crippen molar-refractivity contribution in [1.82, 2.24) is 4.72 Å². The van der Waals surface area contributed by atoms with Gasteiger partial charge in [-0.25, -0.2) is 13.1 Å². The van der Waals surface area contributed by atoms with Crippen molar-refractivity contribution in [3.8, 4) is 11.5 Å². The van der Waals surface area contributed by atoms with Gasteiger partial charge in [0.2, 0.25) is 10.0 Å². The summed E-state index contributed by atoms with van der Waals surface area (Å²) in [5.41, 5.74) is 0. The zero-order valence-corrected chi connectivity index (χ0v) is 14.9. The summed E-state index contributed by atoms with van der Waals surface area (Å²) in [5.74, 6) is 1.46. The van der Waals surface area contributed by atoms with E-state index in [9.17, 15) is 8.42 Å². The van der Waals surface area contributed by atoms with Gasteiger partial charge in [0, 0.05) is 11.4 Å². The molecule has 7 heteroatoms. The van der Waals surface area contributed by atoms with E-state index in [-0.39, 0.29) is 13.2 Å². The molecule has 5 nitrogen and oxygen atoms in total. The molecule has 0 unspecified atom stereocenters. The van der Waals surface area contributed by atoms with Crippen molar-refractivity contribution in [2.45, 2.75) is 24.5 Å². The molecule has 0 saturated heterocycles. The van der Waals surface area contributed by atoms with Gasteiger partial charge in [0.05, 0.1) is 6.61 Å². The third kappa shape index (κ3) is 5.23. The van der Waals surface area contributed by atoms with Gasteiger partial charge in [0.15, 0.2) is 0 Å². The summed E-state index contributed by atoms with van der Waals surface area (Å²) in [4.78, 5) is 1.05. The van der Waals surface area contributed by atoms with E-state index in [4.69, 9.17) is 9.47 Å². The van der Waals surface area contributed by atoms with Crippen LogP contribution in [-0.4, -0.2) is 28.2 Å². The standard InChI is InChI=1S/C16H21NO4S2/c1-3-15-9-10-16(22-15)23(18,19)17-11-12-21-14-7-5-13(6-8-14)20-4-2/h5-10,17H,3-4,11-12H2,1-2H3. The van der Waals surface area contributed by atoms with E-state index in [0.717, 1.165) is 17.0 Å². The molecule has 1 N–H and O–H groups in total. The summed E-state index contributed by atoms with van der Waals surface area (Å²) in [6.07, 6.45) is 0.834. The predicted octanol–water partition coefficient (Wildman–Crippen LogP) is 3.07. The number of hydrogen-bond donors (Lipinski definition) is 1. The molecule has 0 bridgehead atoms. The van der Waals surface area contributed by atoms with Crippen molar-refractivity contribution in [2.24, 2.45) is 0 Å². The van der Waals surface area contributed by atoms with Crippen LogP contribution in [0.25, 0.3) is 0 Å². The Balaban J connectivity index is 1.80. The number of sulfonamides is 1. The average Bonchev–Trinajstić information content (AvgIpc) is 3.03. The van der Waals surface area contributed by atoms with E-state index in [2.05, 4.69) is 4.72 Å². The molecule has 0 fully saturated rings. The highest BCUT2D eigenvalue weighted by Crippen LogP contribution is 2.21. The van der Waals surface area contributed by atoms with Crippen LogP contribution in [0.15, 0.2) is 40.6 Å². The van der Waals surface area contributed by atoms with Crippen molar-refractivity contribution in [2.75, 3.05) is 19.8 Å². The molecular formula is C16H21NO4S2. The molecular weight excluding hydrogens is 334 g/mol. The van der Waals surface area contributed by atoms with Crippen LogP contribution in [0.4, 0.5) is 0 Å². The molecule has 0 atom stereocenters. The number of benzene rings is 1. The first-order valence-electron chi connectivity index (χ1n) is 7.49. The third-order valence-electron chi connectivity index (χ3n) is 3.05. The summed E-state index contributed by atoms with van der Waals surface area (Å²) in [6, 6.07) is 10.7. The Kier molecular flexibility index (Phi) is 6.44. The van der Waals surface area contributed by atoms with Gasteiger partial charge in [-0.1, -0.05) is 6.92 Å². The largest absolute Gasteiger partial charge is 0.494 e. The molecule has 126 valence electrons. The maximum absolute atomic E-state index is 12.1. The van der Waals surface area contributed by atoms with E-state index in [0.29, 0.717) is 16.6 Å². The normalized spacial score (nSPS) is 11.4. The molecule has 0 aliphatic rings. The number of aryl methyl sites for hydroxylation is 1. The van der Waals surface area contributed by atoms with Gasteiger partial charge < -0.3 is 9.47 Å². The molecule has 0 aliphatic heterocycles. The second-order valence-corrected chi connectivity index (χ2v) is 7.89. The van der Waals surface area contributed by atoms with Crippen LogP contribution in [-0.2, 0) is 16.4 Å². The van der Waals surface area contributed by atoms with Gasteiger partial charge >= 0.3 is 0 Å². The molecule has 1 heterocycles. The van der Waals surface area contributed by atoms with Gasteiger partial charge in [-0.3, -0.25) is 0 Å². The smallest absolute Gasteiger partial charge is 0.250 e. The van der Waals surface area contributed by atoms with E-state index >= 15 is 0 Å². The molecule has 0 amide bonds. The SMILES string of the molecule is CCOc1ccc(OCCNS(=O)(=O)c2ccc(CC)s2)cc1. The van der Waals surface area contributed by atoms with Crippen molar-refractivity contribution >= 4 is 21.4 Å². The quantitative estimate of drug-likeness (QED) is 0.702. The summed E-state index contributed by atoms with van der Waals surface area (Å²) in [7, 11) is -3.45. The summed E-state index contributed by atoms with van der Waals surface area (Å²) in [5, 5.41) is 0. The average molecular weight is 355 g/mol. The topological polar surface area (TPSA) is 64.6 Å². The van der Waals surface area contributed by atoms with Crippen LogP contribution < -0.4 is 14.2 Å². The highest BCUT2D eigenvalue weighted by Gasteiger charge is 2.15. The number of nitrogens with one attached hydrogen (secondary N) is 1. The fraction of sp³-hybridized carbons (Fsp3) is 0.375. The van der Waals surface area contributed by atoms with E-state index < -0.39 is 10.0 Å². The van der Waals surface area contributed by atoms with Gasteiger partial charge in [-0.2, -0.15) is 0 Å². The first-order chi connectivity index (χ1) is 11.0. The molecule has 2 rings (SSSR count). The Hall–Kier alpha value is -1.57. The van der Waals surface area contributed by atoms with Crippen LogP contribution in [0, 0.1) is 0 Å². The van der Waals surface area contributed by atoms with Crippen LogP contribution >= 0.6 is 11.3 Å². The first-order valence-corrected chi connectivity index (χ1v) is 9.79. The van der Waals surface area contributed by atoms with Crippen LogP contribution in [0.2, 0.25) is 0 Å². The molecule has 1 aromatic heterocycles. The lowest BCUT2D eigenvalue weighted by Crippen LogP contribution is -2.27. The lowest BCUT2D eigenvalue weighted by Gasteiger charge is -2.08. The summed E-state index contributed by atoms with van der Waals surface area (Å²) < 4.78 is 38.0. The van der Waals surface area contributed by atoms with Crippen molar-refractivity contribution in [1.29, 1.82) is 0 Å². The molecule has 1 aromatic carbocycles. The Morgan fingerprint density at radius 3 is 2.22 bits per heavy atom. The predicted molar refractivity (Wildman–Crippen MR) is 92.0 cm³/mol.